The minimum atomic E-state index is 0.169. The normalized spacial score (nSPS) is 11.5. The van der Waals surface area contributed by atoms with E-state index in [4.69, 9.17) is 0 Å². The van der Waals surface area contributed by atoms with Gasteiger partial charge in [0.15, 0.2) is 0 Å². The SMILES string of the molecule is OCCc1c(Cc2c[nH]c3ccccc23)[nH]c2ccccc12. The largest absolute Gasteiger partial charge is 0.396 e. The maximum absolute atomic E-state index is 9.40. The molecule has 0 radical (unpaired) electrons. The predicted octanol–water partition coefficient (Wildman–Crippen LogP) is 3.77. The minimum Gasteiger partial charge on any atom is -0.396 e. The molecule has 3 nitrogen and oxygen atoms in total. The Labute approximate surface area is 128 Å². The highest BCUT2D eigenvalue weighted by molar-refractivity contribution is 5.86. The van der Waals surface area contributed by atoms with Crippen molar-refractivity contribution in [3.63, 3.8) is 0 Å². The number of aliphatic hydroxyl groups excluding tert-OH is 1. The van der Waals surface area contributed by atoms with Crippen molar-refractivity contribution in [2.45, 2.75) is 12.8 Å². The fourth-order valence-corrected chi connectivity index (χ4v) is 3.27. The van der Waals surface area contributed by atoms with Gasteiger partial charge in [0.05, 0.1) is 0 Å². The second kappa shape index (κ2) is 5.35. The summed E-state index contributed by atoms with van der Waals surface area (Å²) in [6, 6.07) is 16.7. The highest BCUT2D eigenvalue weighted by Gasteiger charge is 2.13. The fraction of sp³-hybridized carbons (Fsp3) is 0.158. The number of hydrogen-bond acceptors (Lipinski definition) is 1. The van der Waals surface area contributed by atoms with Crippen LogP contribution in [0.4, 0.5) is 0 Å². The van der Waals surface area contributed by atoms with Crippen LogP contribution in [-0.4, -0.2) is 21.7 Å². The van der Waals surface area contributed by atoms with Crippen molar-refractivity contribution >= 4 is 21.8 Å². The van der Waals surface area contributed by atoms with Crippen molar-refractivity contribution in [3.8, 4) is 0 Å². The van der Waals surface area contributed by atoms with Crippen LogP contribution in [0.5, 0.6) is 0 Å². The Morgan fingerprint density at radius 3 is 2.41 bits per heavy atom. The highest BCUT2D eigenvalue weighted by atomic mass is 16.2. The summed E-state index contributed by atoms with van der Waals surface area (Å²) >= 11 is 0. The first kappa shape index (κ1) is 13.2. The summed E-state index contributed by atoms with van der Waals surface area (Å²) in [5.41, 5.74) is 6.00. The van der Waals surface area contributed by atoms with E-state index in [1.165, 1.54) is 27.6 Å². The number of aliphatic hydroxyl groups is 1. The summed E-state index contributed by atoms with van der Waals surface area (Å²) in [6.07, 6.45) is 3.61. The average molecular weight is 290 g/mol. The van der Waals surface area contributed by atoms with Gasteiger partial charge in [-0.2, -0.15) is 0 Å². The van der Waals surface area contributed by atoms with Crippen LogP contribution in [0.2, 0.25) is 0 Å². The monoisotopic (exact) mass is 290 g/mol. The Morgan fingerprint density at radius 1 is 0.864 bits per heavy atom. The van der Waals surface area contributed by atoms with Crippen LogP contribution in [0.15, 0.2) is 54.7 Å². The van der Waals surface area contributed by atoms with Gasteiger partial charge in [-0.3, -0.25) is 0 Å². The molecule has 0 saturated heterocycles. The van der Waals surface area contributed by atoms with Crippen LogP contribution in [-0.2, 0) is 12.8 Å². The number of para-hydroxylation sites is 2. The van der Waals surface area contributed by atoms with E-state index in [9.17, 15) is 5.11 Å². The molecule has 0 spiro atoms. The van der Waals surface area contributed by atoms with Crippen molar-refractivity contribution in [1.29, 1.82) is 0 Å². The zero-order chi connectivity index (χ0) is 14.9. The van der Waals surface area contributed by atoms with Crippen molar-refractivity contribution in [1.82, 2.24) is 9.97 Å². The summed E-state index contributed by atoms with van der Waals surface area (Å²) in [4.78, 5) is 6.86. The molecule has 0 bridgehead atoms. The van der Waals surface area contributed by atoms with Gasteiger partial charge in [-0.25, -0.2) is 0 Å². The number of rotatable bonds is 4. The lowest BCUT2D eigenvalue weighted by molar-refractivity contribution is 0.299. The molecule has 0 atom stereocenters. The lowest BCUT2D eigenvalue weighted by Gasteiger charge is -2.03. The maximum Gasteiger partial charge on any atom is 0.0472 e. The molecule has 3 N–H and O–H groups in total. The first-order valence-corrected chi connectivity index (χ1v) is 7.61. The Balaban J connectivity index is 1.82. The molecule has 0 saturated carbocycles. The molecule has 2 aromatic heterocycles. The molecule has 4 rings (SSSR count). The minimum absolute atomic E-state index is 0.169. The van der Waals surface area contributed by atoms with Gasteiger partial charge in [0, 0.05) is 46.7 Å². The number of aromatic amines is 2. The van der Waals surface area contributed by atoms with E-state index in [0.717, 1.165) is 17.5 Å². The topological polar surface area (TPSA) is 51.8 Å². The van der Waals surface area contributed by atoms with E-state index in [-0.39, 0.29) is 6.61 Å². The van der Waals surface area contributed by atoms with Crippen LogP contribution >= 0.6 is 0 Å². The van der Waals surface area contributed by atoms with Crippen molar-refractivity contribution in [3.05, 3.63) is 71.5 Å². The van der Waals surface area contributed by atoms with Gasteiger partial charge >= 0.3 is 0 Å². The van der Waals surface area contributed by atoms with Gasteiger partial charge in [0.25, 0.3) is 0 Å². The van der Waals surface area contributed by atoms with Crippen molar-refractivity contribution in [2.24, 2.45) is 0 Å². The number of H-pyrrole nitrogens is 2. The highest BCUT2D eigenvalue weighted by Crippen LogP contribution is 2.27. The van der Waals surface area contributed by atoms with E-state index in [2.05, 4.69) is 46.5 Å². The molecule has 110 valence electrons. The van der Waals surface area contributed by atoms with Crippen molar-refractivity contribution in [2.75, 3.05) is 6.61 Å². The first-order valence-electron chi connectivity index (χ1n) is 7.61. The van der Waals surface area contributed by atoms with E-state index in [0.29, 0.717) is 6.42 Å². The molecule has 4 aromatic rings. The number of hydrogen-bond donors (Lipinski definition) is 3. The molecule has 0 aliphatic rings. The van der Waals surface area contributed by atoms with Crippen LogP contribution in [0.1, 0.15) is 16.8 Å². The zero-order valence-electron chi connectivity index (χ0n) is 12.3. The second-order valence-corrected chi connectivity index (χ2v) is 5.64. The molecule has 2 heterocycles. The zero-order valence-corrected chi connectivity index (χ0v) is 12.3. The van der Waals surface area contributed by atoms with Gasteiger partial charge in [0.2, 0.25) is 0 Å². The Bertz CT molecular complexity index is 933. The Morgan fingerprint density at radius 2 is 1.59 bits per heavy atom. The number of fused-ring (bicyclic) bond motifs is 2. The van der Waals surface area contributed by atoms with Gasteiger partial charge in [-0.1, -0.05) is 36.4 Å². The van der Waals surface area contributed by atoms with E-state index >= 15 is 0 Å². The van der Waals surface area contributed by atoms with Crippen LogP contribution in [0.3, 0.4) is 0 Å². The van der Waals surface area contributed by atoms with Gasteiger partial charge < -0.3 is 15.1 Å². The van der Waals surface area contributed by atoms with Crippen LogP contribution < -0.4 is 0 Å². The standard InChI is InChI=1S/C19H18N2O/c22-10-9-16-15-6-2-4-8-18(15)21-19(16)11-13-12-20-17-7-3-1-5-14(13)17/h1-8,12,20-22H,9-11H2. The third kappa shape index (κ3) is 2.11. The van der Waals surface area contributed by atoms with E-state index < -0.39 is 0 Å². The molecular formula is C19H18N2O. The molecular weight excluding hydrogens is 272 g/mol. The number of nitrogens with one attached hydrogen (secondary N) is 2. The van der Waals surface area contributed by atoms with Gasteiger partial charge in [-0.05, 0) is 29.7 Å². The summed E-state index contributed by atoms with van der Waals surface area (Å²) in [6.45, 7) is 0.169. The summed E-state index contributed by atoms with van der Waals surface area (Å²) in [5, 5.41) is 11.9. The predicted molar refractivity (Wildman–Crippen MR) is 90.2 cm³/mol. The molecule has 22 heavy (non-hydrogen) atoms. The molecule has 0 unspecified atom stereocenters. The Hall–Kier alpha value is -2.52. The van der Waals surface area contributed by atoms with E-state index in [1.807, 2.05) is 18.2 Å². The summed E-state index contributed by atoms with van der Waals surface area (Å²) in [7, 11) is 0. The molecule has 0 aliphatic heterocycles. The van der Waals surface area contributed by atoms with Gasteiger partial charge in [0.1, 0.15) is 0 Å². The van der Waals surface area contributed by atoms with Gasteiger partial charge in [-0.15, -0.1) is 0 Å². The Kier molecular flexibility index (Phi) is 3.20. The molecule has 3 heteroatoms. The molecule has 0 amide bonds. The lowest BCUT2D eigenvalue weighted by atomic mass is 10.0. The third-order valence-corrected chi connectivity index (χ3v) is 4.31. The quantitative estimate of drug-likeness (QED) is 0.526. The molecule has 0 aliphatic carbocycles. The number of benzene rings is 2. The molecule has 2 aromatic carbocycles. The fourth-order valence-electron chi connectivity index (χ4n) is 3.27. The summed E-state index contributed by atoms with van der Waals surface area (Å²) in [5.74, 6) is 0. The first-order chi connectivity index (χ1) is 10.9. The lowest BCUT2D eigenvalue weighted by Crippen LogP contribution is -1.96. The number of aromatic nitrogens is 2. The average Bonchev–Trinajstić information content (AvgIpc) is 3.11. The second-order valence-electron chi connectivity index (χ2n) is 5.64. The third-order valence-electron chi connectivity index (χ3n) is 4.31. The van der Waals surface area contributed by atoms with Crippen LogP contribution in [0, 0.1) is 0 Å². The van der Waals surface area contributed by atoms with E-state index in [1.54, 1.807) is 0 Å². The van der Waals surface area contributed by atoms with Crippen molar-refractivity contribution < 1.29 is 5.11 Å². The maximum atomic E-state index is 9.40. The molecule has 0 fully saturated rings. The smallest absolute Gasteiger partial charge is 0.0472 e. The van der Waals surface area contributed by atoms with Crippen LogP contribution in [0.25, 0.3) is 21.8 Å². The summed E-state index contributed by atoms with van der Waals surface area (Å²) < 4.78 is 0.